The largest absolute Gasteiger partial charge is 0.378 e. The maximum atomic E-state index is 9.05. The van der Waals surface area contributed by atoms with Crippen molar-refractivity contribution < 1.29 is 0 Å². The molecule has 4 heteroatoms. The van der Waals surface area contributed by atoms with Gasteiger partial charge < -0.3 is 5.32 Å². The van der Waals surface area contributed by atoms with Crippen LogP contribution in [0.15, 0.2) is 36.5 Å². The first-order valence-electron chi connectivity index (χ1n) is 7.14. The third-order valence-corrected chi connectivity index (χ3v) is 3.87. The number of nitrogens with one attached hydrogen (secondary N) is 1. The predicted molar refractivity (Wildman–Crippen MR) is 78.2 cm³/mol. The molecule has 0 aliphatic heterocycles. The first-order chi connectivity index (χ1) is 9.86. The van der Waals surface area contributed by atoms with Crippen LogP contribution in [0.4, 0.5) is 5.69 Å². The third kappa shape index (κ3) is 2.67. The zero-order valence-corrected chi connectivity index (χ0v) is 11.4. The van der Waals surface area contributed by atoms with Crippen LogP contribution in [0, 0.1) is 11.3 Å². The number of aromatic nitrogens is 2. The summed E-state index contributed by atoms with van der Waals surface area (Å²) < 4.78 is 2.10. The molecule has 0 unspecified atom stereocenters. The second kappa shape index (κ2) is 5.79. The first-order valence-corrected chi connectivity index (χ1v) is 7.14. The lowest BCUT2D eigenvalue weighted by molar-refractivity contribution is 0.463. The number of benzene rings is 1. The number of hydrogen-bond acceptors (Lipinski definition) is 3. The van der Waals surface area contributed by atoms with E-state index in [1.165, 1.54) is 25.7 Å². The monoisotopic (exact) mass is 266 g/mol. The molecule has 20 heavy (non-hydrogen) atoms. The van der Waals surface area contributed by atoms with Crippen LogP contribution < -0.4 is 5.32 Å². The molecular weight excluding hydrogens is 248 g/mol. The van der Waals surface area contributed by atoms with E-state index < -0.39 is 0 Å². The van der Waals surface area contributed by atoms with Crippen LogP contribution in [0.5, 0.6) is 0 Å². The maximum absolute atomic E-state index is 9.05. The molecule has 2 aromatic rings. The van der Waals surface area contributed by atoms with Crippen LogP contribution in [-0.4, -0.2) is 9.78 Å². The number of anilines is 1. The Balaban J connectivity index is 1.65. The lowest BCUT2D eigenvalue weighted by Gasteiger charge is -2.09. The summed E-state index contributed by atoms with van der Waals surface area (Å²) in [6.45, 7) is 0.651. The Labute approximate surface area is 119 Å². The Morgan fingerprint density at radius 3 is 2.85 bits per heavy atom. The molecule has 102 valence electrons. The van der Waals surface area contributed by atoms with Gasteiger partial charge in [-0.3, -0.25) is 4.68 Å². The van der Waals surface area contributed by atoms with Crippen molar-refractivity contribution in [1.82, 2.24) is 9.78 Å². The number of nitrogens with zero attached hydrogens (tertiary/aromatic N) is 3. The van der Waals surface area contributed by atoms with Crippen molar-refractivity contribution in [3.63, 3.8) is 0 Å². The van der Waals surface area contributed by atoms with Gasteiger partial charge in [-0.2, -0.15) is 10.4 Å². The topological polar surface area (TPSA) is 53.6 Å². The molecule has 1 aromatic heterocycles. The SMILES string of the molecule is N#Cc1ccccc1NCc1ccn(C2CCCC2)n1. The van der Waals surface area contributed by atoms with Gasteiger partial charge in [0.25, 0.3) is 0 Å². The second-order valence-electron chi connectivity index (χ2n) is 5.24. The van der Waals surface area contributed by atoms with Crippen molar-refractivity contribution in [2.45, 2.75) is 38.3 Å². The lowest BCUT2D eigenvalue weighted by atomic mass is 10.2. The molecule has 1 aliphatic rings. The average Bonchev–Trinajstić information content (AvgIpc) is 3.16. The normalized spacial score (nSPS) is 15.2. The van der Waals surface area contributed by atoms with Crippen LogP contribution in [0.1, 0.15) is 43.0 Å². The number of rotatable bonds is 4. The molecule has 1 heterocycles. The van der Waals surface area contributed by atoms with Crippen molar-refractivity contribution in [3.8, 4) is 6.07 Å². The Morgan fingerprint density at radius 1 is 1.25 bits per heavy atom. The lowest BCUT2D eigenvalue weighted by Crippen LogP contribution is -2.07. The van der Waals surface area contributed by atoms with Gasteiger partial charge >= 0.3 is 0 Å². The Bertz CT molecular complexity index is 617. The van der Waals surface area contributed by atoms with E-state index in [0.29, 0.717) is 18.2 Å². The number of para-hydroxylation sites is 1. The fourth-order valence-corrected chi connectivity index (χ4v) is 2.76. The summed E-state index contributed by atoms with van der Waals surface area (Å²) in [5.74, 6) is 0. The summed E-state index contributed by atoms with van der Waals surface area (Å²) in [6.07, 6.45) is 7.18. The van der Waals surface area contributed by atoms with E-state index in [-0.39, 0.29) is 0 Å². The summed E-state index contributed by atoms with van der Waals surface area (Å²) in [5, 5.41) is 17.0. The Morgan fingerprint density at radius 2 is 2.05 bits per heavy atom. The van der Waals surface area contributed by atoms with E-state index >= 15 is 0 Å². The van der Waals surface area contributed by atoms with Gasteiger partial charge in [-0.1, -0.05) is 25.0 Å². The highest BCUT2D eigenvalue weighted by Crippen LogP contribution is 2.28. The molecule has 0 radical (unpaired) electrons. The van der Waals surface area contributed by atoms with Crippen molar-refractivity contribution in [2.75, 3.05) is 5.32 Å². The van der Waals surface area contributed by atoms with Gasteiger partial charge in [0.1, 0.15) is 6.07 Å². The van der Waals surface area contributed by atoms with E-state index in [1.807, 2.05) is 24.3 Å². The molecule has 0 amide bonds. The van der Waals surface area contributed by atoms with Gasteiger partial charge in [-0.05, 0) is 31.0 Å². The zero-order valence-electron chi connectivity index (χ0n) is 11.4. The summed E-state index contributed by atoms with van der Waals surface area (Å²) in [5.41, 5.74) is 2.55. The Kier molecular flexibility index (Phi) is 3.69. The molecule has 0 atom stereocenters. The molecule has 1 aromatic carbocycles. The third-order valence-electron chi connectivity index (χ3n) is 3.87. The minimum Gasteiger partial charge on any atom is -0.378 e. The summed E-state index contributed by atoms with van der Waals surface area (Å²) >= 11 is 0. The molecule has 0 bridgehead atoms. The molecular formula is C16H18N4. The van der Waals surface area contributed by atoms with Gasteiger partial charge in [0.05, 0.1) is 29.5 Å². The standard InChI is InChI=1S/C16H18N4/c17-11-13-5-1-4-8-16(13)18-12-14-9-10-20(19-14)15-6-2-3-7-15/h1,4-5,8-10,15,18H,2-3,6-7,12H2. The van der Waals surface area contributed by atoms with Crippen LogP contribution in [0.2, 0.25) is 0 Å². The summed E-state index contributed by atoms with van der Waals surface area (Å²) in [6, 6.07) is 12.4. The fourth-order valence-electron chi connectivity index (χ4n) is 2.76. The first kappa shape index (κ1) is 12.7. The molecule has 1 aliphatic carbocycles. The van der Waals surface area contributed by atoms with Crippen molar-refractivity contribution >= 4 is 5.69 Å². The minimum absolute atomic E-state index is 0.579. The van der Waals surface area contributed by atoms with E-state index in [9.17, 15) is 0 Å². The zero-order chi connectivity index (χ0) is 13.8. The minimum atomic E-state index is 0.579. The fraction of sp³-hybridized carbons (Fsp3) is 0.375. The summed E-state index contributed by atoms with van der Waals surface area (Å²) in [7, 11) is 0. The predicted octanol–water partition coefficient (Wildman–Crippen LogP) is 3.48. The van der Waals surface area contributed by atoms with Crippen molar-refractivity contribution in [2.24, 2.45) is 0 Å². The van der Waals surface area contributed by atoms with Crippen molar-refractivity contribution in [1.29, 1.82) is 5.26 Å². The van der Waals surface area contributed by atoms with Gasteiger partial charge in [0.15, 0.2) is 0 Å². The highest BCUT2D eigenvalue weighted by atomic mass is 15.3. The van der Waals surface area contributed by atoms with Crippen molar-refractivity contribution in [3.05, 3.63) is 47.8 Å². The summed E-state index contributed by atoms with van der Waals surface area (Å²) in [4.78, 5) is 0. The van der Waals surface area contributed by atoms with Crippen LogP contribution in [-0.2, 0) is 6.54 Å². The maximum Gasteiger partial charge on any atom is 0.101 e. The number of hydrogen-bond donors (Lipinski definition) is 1. The Hall–Kier alpha value is -2.28. The molecule has 1 saturated carbocycles. The van der Waals surface area contributed by atoms with Crippen LogP contribution in [0.3, 0.4) is 0 Å². The van der Waals surface area contributed by atoms with E-state index in [0.717, 1.165) is 11.4 Å². The second-order valence-corrected chi connectivity index (χ2v) is 5.24. The molecule has 1 fully saturated rings. The quantitative estimate of drug-likeness (QED) is 0.921. The molecule has 3 rings (SSSR count). The molecule has 1 N–H and O–H groups in total. The van der Waals surface area contributed by atoms with E-state index in [1.54, 1.807) is 0 Å². The van der Waals surface area contributed by atoms with Gasteiger partial charge in [0, 0.05) is 6.20 Å². The van der Waals surface area contributed by atoms with E-state index in [2.05, 4.69) is 33.4 Å². The highest BCUT2D eigenvalue weighted by molar-refractivity contribution is 5.57. The van der Waals surface area contributed by atoms with Gasteiger partial charge in [-0.25, -0.2) is 0 Å². The highest BCUT2D eigenvalue weighted by Gasteiger charge is 2.17. The smallest absolute Gasteiger partial charge is 0.101 e. The molecule has 0 spiro atoms. The van der Waals surface area contributed by atoms with Gasteiger partial charge in [0.2, 0.25) is 0 Å². The average molecular weight is 266 g/mol. The molecule has 4 nitrogen and oxygen atoms in total. The van der Waals surface area contributed by atoms with Crippen LogP contribution in [0.25, 0.3) is 0 Å². The molecule has 0 saturated heterocycles. The van der Waals surface area contributed by atoms with E-state index in [4.69, 9.17) is 5.26 Å². The van der Waals surface area contributed by atoms with Crippen LogP contribution >= 0.6 is 0 Å². The van der Waals surface area contributed by atoms with Gasteiger partial charge in [-0.15, -0.1) is 0 Å². The number of nitriles is 1.